The van der Waals surface area contributed by atoms with Gasteiger partial charge in [0.1, 0.15) is 11.7 Å². The molecule has 0 aliphatic carbocycles. The Bertz CT molecular complexity index is 891. The predicted octanol–water partition coefficient (Wildman–Crippen LogP) is 5.89. The fraction of sp³-hybridized carbons (Fsp3) is 0.536. The zero-order valence-electron chi connectivity index (χ0n) is 21.1. The summed E-state index contributed by atoms with van der Waals surface area (Å²) < 4.78 is 18.2. The van der Waals surface area contributed by atoms with Crippen LogP contribution >= 0.6 is 0 Å². The molecule has 0 radical (unpaired) electrons. The highest BCUT2D eigenvalue weighted by molar-refractivity contribution is 5.70. The van der Waals surface area contributed by atoms with Gasteiger partial charge >= 0.3 is 5.97 Å². The van der Waals surface area contributed by atoms with Gasteiger partial charge in [-0.2, -0.15) is 0 Å². The first-order valence-electron chi connectivity index (χ1n) is 11.9. The molecule has 0 spiro atoms. The van der Waals surface area contributed by atoms with Gasteiger partial charge < -0.3 is 14.2 Å². The van der Waals surface area contributed by atoms with Gasteiger partial charge in [-0.25, -0.2) is 0 Å². The quantitative estimate of drug-likeness (QED) is 0.467. The van der Waals surface area contributed by atoms with Crippen molar-refractivity contribution in [1.82, 2.24) is 4.90 Å². The molecule has 0 bridgehead atoms. The molecular weight excluding hydrogens is 414 g/mol. The molecule has 0 amide bonds. The molecule has 2 aromatic rings. The molecule has 3 rings (SSSR count). The normalized spacial score (nSPS) is 22.2. The molecule has 180 valence electrons. The standard InChI is InChI=1S/C28H39NO4/c1-20(23-16-12-9-13-17-23)29(19-22-14-10-8-11-15-22)24(18-25(30)32-27(3,4)5)26-21(2)31-28(6,7)33-26/h8-17,20-21,24,26H,18-19H2,1-7H3/t20-,21+,24+,26-/m1/s1. The lowest BCUT2D eigenvalue weighted by molar-refractivity contribution is -0.165. The molecule has 1 aliphatic rings. The smallest absolute Gasteiger partial charge is 0.308 e. The summed E-state index contributed by atoms with van der Waals surface area (Å²) in [6, 6.07) is 20.6. The van der Waals surface area contributed by atoms with E-state index in [0.717, 1.165) is 0 Å². The van der Waals surface area contributed by atoms with E-state index in [9.17, 15) is 4.79 Å². The third-order valence-corrected chi connectivity index (χ3v) is 5.94. The van der Waals surface area contributed by atoms with Crippen molar-refractivity contribution in [3.8, 4) is 0 Å². The Hall–Kier alpha value is -2.21. The maximum atomic E-state index is 13.1. The highest BCUT2D eigenvalue weighted by Crippen LogP contribution is 2.36. The van der Waals surface area contributed by atoms with Gasteiger partial charge in [-0.05, 0) is 59.6 Å². The van der Waals surface area contributed by atoms with Crippen molar-refractivity contribution >= 4 is 5.97 Å². The molecule has 1 fully saturated rings. The average molecular weight is 454 g/mol. The van der Waals surface area contributed by atoms with Crippen LogP contribution in [0.2, 0.25) is 0 Å². The summed E-state index contributed by atoms with van der Waals surface area (Å²) in [5.74, 6) is -0.934. The maximum absolute atomic E-state index is 13.1. The van der Waals surface area contributed by atoms with E-state index in [4.69, 9.17) is 14.2 Å². The second-order valence-corrected chi connectivity index (χ2v) is 10.4. The van der Waals surface area contributed by atoms with Crippen LogP contribution in [-0.2, 0) is 25.5 Å². The first-order valence-corrected chi connectivity index (χ1v) is 11.9. The molecule has 33 heavy (non-hydrogen) atoms. The number of rotatable bonds is 8. The lowest BCUT2D eigenvalue weighted by atomic mass is 9.96. The number of hydrogen-bond acceptors (Lipinski definition) is 5. The molecule has 1 saturated heterocycles. The van der Waals surface area contributed by atoms with E-state index in [-0.39, 0.29) is 36.7 Å². The Balaban J connectivity index is 2.00. The number of carbonyl (C=O) groups is 1. The fourth-order valence-electron chi connectivity index (χ4n) is 4.59. The van der Waals surface area contributed by atoms with Crippen LogP contribution in [0.15, 0.2) is 60.7 Å². The van der Waals surface area contributed by atoms with Crippen LogP contribution in [0.3, 0.4) is 0 Å². The van der Waals surface area contributed by atoms with E-state index in [1.54, 1.807) is 0 Å². The molecule has 5 nitrogen and oxygen atoms in total. The summed E-state index contributed by atoms with van der Waals surface area (Å²) in [6.45, 7) is 14.4. The van der Waals surface area contributed by atoms with Gasteiger partial charge in [0, 0.05) is 18.6 Å². The zero-order valence-corrected chi connectivity index (χ0v) is 21.1. The monoisotopic (exact) mass is 453 g/mol. The number of esters is 1. The Morgan fingerprint density at radius 3 is 2.12 bits per heavy atom. The molecule has 0 N–H and O–H groups in total. The van der Waals surface area contributed by atoms with E-state index in [0.29, 0.717) is 6.54 Å². The van der Waals surface area contributed by atoms with E-state index in [2.05, 4.69) is 48.2 Å². The average Bonchev–Trinajstić information content (AvgIpc) is 3.02. The Labute approximate surface area is 199 Å². The van der Waals surface area contributed by atoms with Gasteiger partial charge in [-0.3, -0.25) is 9.69 Å². The van der Waals surface area contributed by atoms with Crippen molar-refractivity contribution < 1.29 is 19.0 Å². The number of ether oxygens (including phenoxy) is 3. The van der Waals surface area contributed by atoms with Gasteiger partial charge in [0.25, 0.3) is 0 Å². The Morgan fingerprint density at radius 2 is 1.61 bits per heavy atom. The molecule has 1 heterocycles. The van der Waals surface area contributed by atoms with Crippen molar-refractivity contribution in [2.75, 3.05) is 0 Å². The summed E-state index contributed by atoms with van der Waals surface area (Å²) in [5.41, 5.74) is 1.82. The molecule has 2 aromatic carbocycles. The summed E-state index contributed by atoms with van der Waals surface area (Å²) >= 11 is 0. The number of nitrogens with zero attached hydrogens (tertiary/aromatic N) is 1. The summed E-state index contributed by atoms with van der Waals surface area (Å²) in [4.78, 5) is 15.4. The molecule has 5 heteroatoms. The molecule has 1 aliphatic heterocycles. The summed E-state index contributed by atoms with van der Waals surface area (Å²) in [5, 5.41) is 0. The van der Waals surface area contributed by atoms with Crippen LogP contribution in [0.1, 0.15) is 72.1 Å². The fourth-order valence-corrected chi connectivity index (χ4v) is 4.59. The molecule has 0 aromatic heterocycles. The summed E-state index contributed by atoms with van der Waals surface area (Å²) in [6.07, 6.45) is -0.216. The van der Waals surface area contributed by atoms with E-state index in [1.165, 1.54) is 11.1 Å². The van der Waals surface area contributed by atoms with E-state index in [1.807, 2.05) is 65.8 Å². The third kappa shape index (κ3) is 7.13. The number of hydrogen-bond donors (Lipinski definition) is 0. The lowest BCUT2D eigenvalue weighted by Gasteiger charge is -2.40. The largest absolute Gasteiger partial charge is 0.460 e. The first kappa shape index (κ1) is 25.4. The topological polar surface area (TPSA) is 48.0 Å². The molecular formula is C28H39NO4. The highest BCUT2D eigenvalue weighted by Gasteiger charge is 2.46. The minimum absolute atomic E-state index is 0.0540. The second kappa shape index (κ2) is 10.4. The van der Waals surface area contributed by atoms with Gasteiger partial charge in [-0.15, -0.1) is 0 Å². The van der Waals surface area contributed by atoms with Crippen molar-refractivity contribution in [3.05, 3.63) is 71.8 Å². The van der Waals surface area contributed by atoms with Crippen LogP contribution in [0, 0.1) is 0 Å². The molecule has 4 atom stereocenters. The first-order chi connectivity index (χ1) is 15.5. The minimum atomic E-state index is -0.704. The minimum Gasteiger partial charge on any atom is -0.460 e. The number of benzene rings is 2. The predicted molar refractivity (Wildman–Crippen MR) is 131 cm³/mol. The van der Waals surface area contributed by atoms with Crippen LogP contribution in [-0.4, -0.2) is 40.5 Å². The van der Waals surface area contributed by atoms with Gasteiger partial charge in [0.15, 0.2) is 5.79 Å². The Morgan fingerprint density at radius 1 is 1.03 bits per heavy atom. The maximum Gasteiger partial charge on any atom is 0.308 e. The van der Waals surface area contributed by atoms with Crippen LogP contribution in [0.5, 0.6) is 0 Å². The molecule has 0 unspecified atom stereocenters. The molecule has 0 saturated carbocycles. The zero-order chi connectivity index (χ0) is 24.2. The lowest BCUT2D eigenvalue weighted by Crippen LogP contribution is -2.49. The Kier molecular flexibility index (Phi) is 7.99. The van der Waals surface area contributed by atoms with Crippen LogP contribution in [0.4, 0.5) is 0 Å². The highest BCUT2D eigenvalue weighted by atomic mass is 16.8. The van der Waals surface area contributed by atoms with Gasteiger partial charge in [-0.1, -0.05) is 60.7 Å². The second-order valence-electron chi connectivity index (χ2n) is 10.4. The van der Waals surface area contributed by atoms with Gasteiger partial charge in [0.2, 0.25) is 0 Å². The van der Waals surface area contributed by atoms with Crippen molar-refractivity contribution in [1.29, 1.82) is 0 Å². The van der Waals surface area contributed by atoms with Crippen molar-refractivity contribution in [2.45, 2.75) is 97.1 Å². The SMILES string of the molecule is C[C@@H]1OC(C)(C)O[C@H]1[C@H](CC(=O)OC(C)(C)C)N(Cc1ccccc1)[C@H](C)c1ccccc1. The van der Waals surface area contributed by atoms with Gasteiger partial charge in [0.05, 0.1) is 12.5 Å². The number of carbonyl (C=O) groups excluding carboxylic acids is 1. The van der Waals surface area contributed by atoms with Crippen LogP contribution < -0.4 is 0 Å². The van der Waals surface area contributed by atoms with Crippen molar-refractivity contribution in [2.24, 2.45) is 0 Å². The van der Waals surface area contributed by atoms with Crippen LogP contribution in [0.25, 0.3) is 0 Å². The summed E-state index contributed by atoms with van der Waals surface area (Å²) in [7, 11) is 0. The van der Waals surface area contributed by atoms with E-state index >= 15 is 0 Å². The third-order valence-electron chi connectivity index (χ3n) is 5.94. The van der Waals surface area contributed by atoms with Crippen molar-refractivity contribution in [3.63, 3.8) is 0 Å². The van der Waals surface area contributed by atoms with E-state index < -0.39 is 11.4 Å².